The summed E-state index contributed by atoms with van der Waals surface area (Å²) in [6.07, 6.45) is 2.15. The van der Waals surface area contributed by atoms with Crippen LogP contribution >= 0.6 is 24.0 Å². The number of aromatic nitrogens is 1. The van der Waals surface area contributed by atoms with E-state index in [0.29, 0.717) is 12.5 Å². The van der Waals surface area contributed by atoms with Crippen molar-refractivity contribution in [2.24, 2.45) is 4.99 Å². The van der Waals surface area contributed by atoms with Gasteiger partial charge in [-0.2, -0.15) is 0 Å². The largest absolute Gasteiger partial charge is 0.356 e. The van der Waals surface area contributed by atoms with Gasteiger partial charge in [-0.1, -0.05) is 44.2 Å². The maximum absolute atomic E-state index is 4.49. The number of nitrogens with one attached hydrogen (secondary N) is 2. The normalized spacial score (nSPS) is 11.2. The third kappa shape index (κ3) is 7.72. The van der Waals surface area contributed by atoms with E-state index < -0.39 is 0 Å². The minimum absolute atomic E-state index is 0. The topological polar surface area (TPSA) is 49.3 Å². The first-order chi connectivity index (χ1) is 12.1. The zero-order chi connectivity index (χ0) is 18.1. The first-order valence-corrected chi connectivity index (χ1v) is 9.04. The summed E-state index contributed by atoms with van der Waals surface area (Å²) in [6.45, 7) is 8.03. The van der Waals surface area contributed by atoms with E-state index >= 15 is 0 Å². The highest BCUT2D eigenvalue weighted by Gasteiger charge is 2.01. The number of nitrogens with zero attached hydrogens (tertiary/aromatic N) is 2. The fourth-order valence-electron chi connectivity index (χ4n) is 2.66. The van der Waals surface area contributed by atoms with Crippen LogP contribution in [0.15, 0.2) is 47.5 Å². The lowest BCUT2D eigenvalue weighted by Crippen LogP contribution is -2.37. The zero-order valence-corrected chi connectivity index (χ0v) is 18.6. The molecule has 0 aliphatic heterocycles. The molecule has 2 N–H and O–H groups in total. The lowest BCUT2D eigenvalue weighted by Gasteiger charge is -2.12. The predicted molar refractivity (Wildman–Crippen MR) is 121 cm³/mol. The molecule has 1 heterocycles. The van der Waals surface area contributed by atoms with Crippen LogP contribution < -0.4 is 10.6 Å². The van der Waals surface area contributed by atoms with Gasteiger partial charge >= 0.3 is 0 Å². The van der Waals surface area contributed by atoms with Gasteiger partial charge in [0.15, 0.2) is 5.96 Å². The smallest absolute Gasteiger partial charge is 0.191 e. The van der Waals surface area contributed by atoms with E-state index in [0.717, 1.165) is 36.7 Å². The van der Waals surface area contributed by atoms with Gasteiger partial charge in [0.1, 0.15) is 0 Å². The second-order valence-corrected chi connectivity index (χ2v) is 6.62. The molecule has 0 bridgehead atoms. The molecule has 0 saturated heterocycles. The number of benzene rings is 1. The van der Waals surface area contributed by atoms with Crippen molar-refractivity contribution < 1.29 is 0 Å². The molecule has 1 aromatic heterocycles. The monoisotopic (exact) mass is 466 g/mol. The summed E-state index contributed by atoms with van der Waals surface area (Å²) < 4.78 is 0. The molecule has 0 fully saturated rings. The summed E-state index contributed by atoms with van der Waals surface area (Å²) in [5, 5.41) is 6.67. The lowest BCUT2D eigenvalue weighted by molar-refractivity contribution is 0.736. The molecule has 0 saturated carbocycles. The summed E-state index contributed by atoms with van der Waals surface area (Å²) in [5.41, 5.74) is 4.84. The third-order valence-electron chi connectivity index (χ3n) is 4.19. The van der Waals surface area contributed by atoms with Gasteiger partial charge in [-0.25, -0.2) is 0 Å². The van der Waals surface area contributed by atoms with Gasteiger partial charge in [0.25, 0.3) is 0 Å². The summed E-state index contributed by atoms with van der Waals surface area (Å²) in [5.74, 6) is 1.41. The van der Waals surface area contributed by atoms with Crippen molar-refractivity contribution in [3.05, 3.63) is 65.0 Å². The molecule has 0 unspecified atom stereocenters. The minimum atomic E-state index is 0. The standard InChI is InChI=1S/C21H30N4.HI/c1-16(2)19-12-10-18(11-13-19)8-6-14-23-21(22-4)24-15-20-9-5-7-17(3)25-20;/h5,7,9-13,16H,6,8,14-15H2,1-4H3,(H2,22,23,24);1H. The molecule has 0 radical (unpaired) electrons. The van der Waals surface area contributed by atoms with Gasteiger partial charge in [-0.3, -0.25) is 9.98 Å². The molecule has 2 rings (SSSR count). The van der Waals surface area contributed by atoms with Gasteiger partial charge in [0, 0.05) is 19.3 Å². The molecule has 1 aromatic carbocycles. The quantitative estimate of drug-likeness (QED) is 0.275. The van der Waals surface area contributed by atoms with E-state index in [1.165, 1.54) is 11.1 Å². The molecule has 26 heavy (non-hydrogen) atoms. The lowest BCUT2D eigenvalue weighted by atomic mass is 10.0. The van der Waals surface area contributed by atoms with Crippen LogP contribution in [-0.2, 0) is 13.0 Å². The van der Waals surface area contributed by atoms with Crippen molar-refractivity contribution in [2.75, 3.05) is 13.6 Å². The van der Waals surface area contributed by atoms with Gasteiger partial charge in [-0.05, 0) is 48.9 Å². The van der Waals surface area contributed by atoms with Crippen LogP contribution in [0.25, 0.3) is 0 Å². The highest BCUT2D eigenvalue weighted by Crippen LogP contribution is 2.15. The Morgan fingerprint density at radius 1 is 1.08 bits per heavy atom. The van der Waals surface area contributed by atoms with Crippen LogP contribution in [0.3, 0.4) is 0 Å². The van der Waals surface area contributed by atoms with E-state index in [1.807, 2.05) is 25.1 Å². The number of guanidine groups is 1. The van der Waals surface area contributed by atoms with Crippen molar-refractivity contribution in [1.29, 1.82) is 0 Å². The number of hydrogen-bond donors (Lipinski definition) is 2. The fraction of sp³-hybridized carbons (Fsp3) is 0.429. The Labute approximate surface area is 174 Å². The first-order valence-electron chi connectivity index (χ1n) is 9.04. The molecule has 142 valence electrons. The second-order valence-electron chi connectivity index (χ2n) is 6.62. The molecule has 2 aromatic rings. The van der Waals surface area contributed by atoms with Crippen LogP contribution in [0.1, 0.15) is 48.7 Å². The molecule has 0 spiro atoms. The summed E-state index contributed by atoms with van der Waals surface area (Å²) in [6, 6.07) is 15.0. The molecule has 5 heteroatoms. The van der Waals surface area contributed by atoms with Gasteiger partial charge < -0.3 is 10.6 Å². The fourth-order valence-corrected chi connectivity index (χ4v) is 2.66. The average molecular weight is 466 g/mol. The Bertz CT molecular complexity index is 681. The van der Waals surface area contributed by atoms with E-state index in [1.54, 1.807) is 7.05 Å². The minimum Gasteiger partial charge on any atom is -0.356 e. The van der Waals surface area contributed by atoms with Crippen molar-refractivity contribution in [3.8, 4) is 0 Å². The maximum atomic E-state index is 4.49. The number of halogens is 1. The maximum Gasteiger partial charge on any atom is 0.191 e. The predicted octanol–water partition coefficient (Wildman–Crippen LogP) is 4.43. The zero-order valence-electron chi connectivity index (χ0n) is 16.2. The van der Waals surface area contributed by atoms with Crippen LogP contribution in [0.4, 0.5) is 0 Å². The Morgan fingerprint density at radius 2 is 1.81 bits per heavy atom. The van der Waals surface area contributed by atoms with Crippen molar-refractivity contribution in [1.82, 2.24) is 15.6 Å². The van der Waals surface area contributed by atoms with Crippen LogP contribution in [0.2, 0.25) is 0 Å². The summed E-state index contributed by atoms with van der Waals surface area (Å²) >= 11 is 0. The SMILES string of the molecule is CN=C(NCCCc1ccc(C(C)C)cc1)NCc1cccc(C)n1.I. The van der Waals surface area contributed by atoms with Crippen molar-refractivity contribution in [2.45, 2.75) is 46.1 Å². The van der Waals surface area contributed by atoms with E-state index in [4.69, 9.17) is 0 Å². The van der Waals surface area contributed by atoms with Gasteiger partial charge in [0.05, 0.1) is 12.2 Å². The highest BCUT2D eigenvalue weighted by molar-refractivity contribution is 14.0. The molecular weight excluding hydrogens is 435 g/mol. The molecule has 0 amide bonds. The van der Waals surface area contributed by atoms with E-state index in [-0.39, 0.29) is 24.0 Å². The number of aliphatic imine (C=N–C) groups is 1. The Morgan fingerprint density at radius 3 is 2.42 bits per heavy atom. The number of pyridine rings is 1. The summed E-state index contributed by atoms with van der Waals surface area (Å²) in [4.78, 5) is 8.76. The molecular formula is C21H31IN4. The van der Waals surface area contributed by atoms with Crippen LogP contribution in [0.5, 0.6) is 0 Å². The Kier molecular flexibility index (Phi) is 10.2. The van der Waals surface area contributed by atoms with Gasteiger partial charge in [0.2, 0.25) is 0 Å². The Hall–Kier alpha value is -1.63. The van der Waals surface area contributed by atoms with Crippen LogP contribution in [-0.4, -0.2) is 24.5 Å². The van der Waals surface area contributed by atoms with E-state index in [9.17, 15) is 0 Å². The third-order valence-corrected chi connectivity index (χ3v) is 4.19. The molecule has 0 atom stereocenters. The highest BCUT2D eigenvalue weighted by atomic mass is 127. The number of rotatable bonds is 7. The van der Waals surface area contributed by atoms with Crippen molar-refractivity contribution >= 4 is 29.9 Å². The molecule has 0 aliphatic carbocycles. The Balaban J connectivity index is 0.00000338. The molecule has 0 aliphatic rings. The summed E-state index contributed by atoms with van der Waals surface area (Å²) in [7, 11) is 1.80. The van der Waals surface area contributed by atoms with Crippen LogP contribution in [0, 0.1) is 6.92 Å². The van der Waals surface area contributed by atoms with Gasteiger partial charge in [-0.15, -0.1) is 24.0 Å². The number of hydrogen-bond acceptors (Lipinski definition) is 2. The second kappa shape index (κ2) is 11.9. The van der Waals surface area contributed by atoms with E-state index in [2.05, 4.69) is 58.7 Å². The van der Waals surface area contributed by atoms with Crippen molar-refractivity contribution in [3.63, 3.8) is 0 Å². The number of aryl methyl sites for hydroxylation is 2. The average Bonchev–Trinajstić information content (AvgIpc) is 2.61. The first kappa shape index (κ1) is 22.4. The molecule has 4 nitrogen and oxygen atoms in total.